The van der Waals surface area contributed by atoms with Gasteiger partial charge in [0, 0.05) is 37.1 Å². The zero-order chi connectivity index (χ0) is 22.0. The van der Waals surface area contributed by atoms with Crippen molar-refractivity contribution < 1.29 is 14.2 Å². The van der Waals surface area contributed by atoms with Crippen molar-refractivity contribution >= 4 is 0 Å². The summed E-state index contributed by atoms with van der Waals surface area (Å²) in [6, 6.07) is 15.2. The van der Waals surface area contributed by atoms with E-state index in [0.717, 1.165) is 37.4 Å². The van der Waals surface area contributed by atoms with Crippen LogP contribution in [-0.2, 0) is 13.1 Å². The van der Waals surface area contributed by atoms with E-state index >= 15 is 0 Å². The van der Waals surface area contributed by atoms with E-state index in [1.54, 1.807) is 21.3 Å². The number of hydrogen-bond donors (Lipinski definition) is 0. The lowest BCUT2D eigenvalue weighted by Gasteiger charge is -2.32. The minimum atomic E-state index is 0.0490. The average molecular weight is 421 g/mol. The van der Waals surface area contributed by atoms with Gasteiger partial charge in [-0.2, -0.15) is 0 Å². The summed E-state index contributed by atoms with van der Waals surface area (Å²) in [5.74, 6) is 2.04. The van der Waals surface area contributed by atoms with Crippen molar-refractivity contribution in [2.45, 2.75) is 39.4 Å². The number of methoxy groups -OCH3 is 3. The van der Waals surface area contributed by atoms with E-state index in [4.69, 9.17) is 14.2 Å². The van der Waals surface area contributed by atoms with E-state index in [1.807, 2.05) is 6.07 Å². The van der Waals surface area contributed by atoms with Gasteiger partial charge in [0.15, 0.2) is 11.5 Å². The summed E-state index contributed by atoms with van der Waals surface area (Å²) in [6.45, 7) is 7.23. The monoisotopic (exact) mass is 420 g/mol. The summed E-state index contributed by atoms with van der Waals surface area (Å²) in [4.78, 5) is 2.56. The van der Waals surface area contributed by atoms with E-state index in [1.165, 1.54) is 22.4 Å². The standard InChI is InChI=1S/C26H32N2O3/c1-18-9-10-20(19(2)16-18)17-28-15-7-14-27-13-6-8-22(27)24(28)21-11-12-23(29-3)26(31-5)25(21)30-4/h6,8-13,16,24H,7,14-15,17H2,1-5H3. The Morgan fingerprint density at radius 1 is 0.903 bits per heavy atom. The number of benzene rings is 2. The lowest BCUT2D eigenvalue weighted by molar-refractivity contribution is 0.214. The smallest absolute Gasteiger partial charge is 0.203 e. The fourth-order valence-corrected chi connectivity index (χ4v) is 4.75. The van der Waals surface area contributed by atoms with Crippen LogP contribution in [0.5, 0.6) is 17.2 Å². The fraction of sp³-hybridized carbons (Fsp3) is 0.385. The molecule has 1 atom stereocenters. The number of nitrogens with zero attached hydrogens (tertiary/aromatic N) is 2. The Balaban J connectivity index is 1.85. The maximum absolute atomic E-state index is 5.89. The zero-order valence-corrected chi connectivity index (χ0v) is 19.1. The van der Waals surface area contributed by atoms with Crippen LogP contribution in [0.25, 0.3) is 0 Å². The molecule has 2 aromatic carbocycles. The van der Waals surface area contributed by atoms with Crippen molar-refractivity contribution in [3.05, 3.63) is 76.6 Å². The van der Waals surface area contributed by atoms with Crippen LogP contribution in [0.3, 0.4) is 0 Å². The predicted molar refractivity (Wildman–Crippen MR) is 123 cm³/mol. The second-order valence-corrected chi connectivity index (χ2v) is 8.21. The van der Waals surface area contributed by atoms with Crippen molar-refractivity contribution in [3.63, 3.8) is 0 Å². The summed E-state index contributed by atoms with van der Waals surface area (Å²) < 4.78 is 19.5. The lowest BCUT2D eigenvalue weighted by Crippen LogP contribution is -2.30. The van der Waals surface area contributed by atoms with Gasteiger partial charge in [-0.05, 0) is 55.7 Å². The Labute approximate surface area is 185 Å². The van der Waals surface area contributed by atoms with Crippen LogP contribution in [-0.4, -0.2) is 37.3 Å². The summed E-state index contributed by atoms with van der Waals surface area (Å²) in [5, 5.41) is 0. The fourth-order valence-electron chi connectivity index (χ4n) is 4.75. The third kappa shape index (κ3) is 4.02. The summed E-state index contributed by atoms with van der Waals surface area (Å²) in [6.07, 6.45) is 3.27. The number of rotatable bonds is 6. The highest BCUT2D eigenvalue weighted by atomic mass is 16.5. The molecule has 5 nitrogen and oxygen atoms in total. The van der Waals surface area contributed by atoms with Gasteiger partial charge < -0.3 is 18.8 Å². The molecule has 0 radical (unpaired) electrons. The number of fused-ring (bicyclic) bond motifs is 1. The van der Waals surface area contributed by atoms with Crippen molar-refractivity contribution in [3.8, 4) is 17.2 Å². The van der Waals surface area contributed by atoms with Gasteiger partial charge in [0.1, 0.15) is 0 Å². The number of ether oxygens (including phenoxy) is 3. The average Bonchev–Trinajstić information content (AvgIpc) is 3.16. The number of aryl methyl sites for hydroxylation is 3. The molecule has 2 heterocycles. The van der Waals surface area contributed by atoms with E-state index < -0.39 is 0 Å². The lowest BCUT2D eigenvalue weighted by atomic mass is 9.98. The quantitative estimate of drug-likeness (QED) is 0.554. The SMILES string of the molecule is COc1ccc(C2c3cccn3CCCN2Cc2ccc(C)cc2C)c(OC)c1OC. The van der Waals surface area contributed by atoms with Crippen molar-refractivity contribution in [1.82, 2.24) is 9.47 Å². The third-order valence-electron chi connectivity index (χ3n) is 6.26. The van der Waals surface area contributed by atoms with Gasteiger partial charge in [-0.15, -0.1) is 0 Å². The molecule has 0 saturated heterocycles. The molecule has 4 rings (SSSR count). The molecule has 1 aromatic heterocycles. The maximum atomic E-state index is 5.89. The Morgan fingerprint density at radius 2 is 1.71 bits per heavy atom. The molecular formula is C26H32N2O3. The molecule has 0 fully saturated rings. The van der Waals surface area contributed by atoms with Gasteiger partial charge in [0.05, 0.1) is 27.4 Å². The first-order valence-electron chi connectivity index (χ1n) is 10.8. The topological polar surface area (TPSA) is 35.9 Å². The Bertz CT molecular complexity index is 1060. The van der Waals surface area contributed by atoms with Gasteiger partial charge in [-0.25, -0.2) is 0 Å². The molecule has 3 aromatic rings. The maximum Gasteiger partial charge on any atom is 0.203 e. The highest BCUT2D eigenvalue weighted by Crippen LogP contribution is 2.46. The second-order valence-electron chi connectivity index (χ2n) is 8.21. The molecule has 1 unspecified atom stereocenters. The molecule has 0 saturated carbocycles. The first-order chi connectivity index (χ1) is 15.1. The predicted octanol–water partition coefficient (Wildman–Crippen LogP) is 5.13. The molecular weight excluding hydrogens is 388 g/mol. The largest absolute Gasteiger partial charge is 0.493 e. The molecule has 31 heavy (non-hydrogen) atoms. The molecule has 0 spiro atoms. The van der Waals surface area contributed by atoms with E-state index in [-0.39, 0.29) is 6.04 Å². The minimum Gasteiger partial charge on any atom is -0.493 e. The van der Waals surface area contributed by atoms with E-state index in [9.17, 15) is 0 Å². The Morgan fingerprint density at radius 3 is 2.42 bits per heavy atom. The van der Waals surface area contributed by atoms with Crippen LogP contribution < -0.4 is 14.2 Å². The van der Waals surface area contributed by atoms with E-state index in [0.29, 0.717) is 11.5 Å². The number of hydrogen-bond acceptors (Lipinski definition) is 4. The minimum absolute atomic E-state index is 0.0490. The molecule has 1 aliphatic rings. The first kappa shape index (κ1) is 21.3. The van der Waals surface area contributed by atoms with Crippen LogP contribution >= 0.6 is 0 Å². The van der Waals surface area contributed by atoms with Crippen LogP contribution in [0.1, 0.15) is 40.4 Å². The molecule has 0 N–H and O–H groups in total. The Kier molecular flexibility index (Phi) is 6.23. The van der Waals surface area contributed by atoms with Gasteiger partial charge in [0.2, 0.25) is 5.75 Å². The molecule has 0 amide bonds. The summed E-state index contributed by atoms with van der Waals surface area (Å²) in [7, 11) is 5.01. The second kappa shape index (κ2) is 9.06. The van der Waals surface area contributed by atoms with Crippen molar-refractivity contribution in [1.29, 1.82) is 0 Å². The summed E-state index contributed by atoms with van der Waals surface area (Å²) in [5.41, 5.74) is 6.34. The van der Waals surface area contributed by atoms with Crippen LogP contribution in [0.2, 0.25) is 0 Å². The molecule has 164 valence electrons. The third-order valence-corrected chi connectivity index (χ3v) is 6.26. The highest BCUT2D eigenvalue weighted by molar-refractivity contribution is 5.58. The molecule has 1 aliphatic heterocycles. The zero-order valence-electron chi connectivity index (χ0n) is 19.1. The van der Waals surface area contributed by atoms with E-state index in [2.05, 4.69) is 65.9 Å². The molecule has 0 bridgehead atoms. The molecule has 5 heteroatoms. The van der Waals surface area contributed by atoms with Gasteiger partial charge >= 0.3 is 0 Å². The van der Waals surface area contributed by atoms with Gasteiger partial charge in [0.25, 0.3) is 0 Å². The van der Waals surface area contributed by atoms with Gasteiger partial charge in [-0.1, -0.05) is 23.8 Å². The first-order valence-corrected chi connectivity index (χ1v) is 10.8. The van der Waals surface area contributed by atoms with Crippen molar-refractivity contribution in [2.24, 2.45) is 0 Å². The van der Waals surface area contributed by atoms with Crippen LogP contribution in [0.4, 0.5) is 0 Å². The normalized spacial score (nSPS) is 16.5. The summed E-state index contributed by atoms with van der Waals surface area (Å²) >= 11 is 0. The van der Waals surface area contributed by atoms with Gasteiger partial charge in [-0.3, -0.25) is 4.90 Å². The van der Waals surface area contributed by atoms with Crippen LogP contribution in [0.15, 0.2) is 48.7 Å². The van der Waals surface area contributed by atoms with Crippen LogP contribution in [0, 0.1) is 13.8 Å². The van der Waals surface area contributed by atoms with Crippen molar-refractivity contribution in [2.75, 3.05) is 27.9 Å². The highest BCUT2D eigenvalue weighted by Gasteiger charge is 2.32. The Hall–Kier alpha value is -2.92. The molecule has 0 aliphatic carbocycles. The number of aromatic nitrogens is 1.